The number of aliphatic imine (C=N–C) groups is 1. The fourth-order valence-corrected chi connectivity index (χ4v) is 1.88. The maximum Gasteiger partial charge on any atom is 0.315 e. The van der Waals surface area contributed by atoms with Gasteiger partial charge in [-0.25, -0.2) is 4.98 Å². The molecular weight excluding hydrogens is 230 g/mol. The number of rotatable bonds is 2. The number of ether oxygens (including phenoxy) is 1. The number of hydrogen-bond donors (Lipinski definition) is 1. The van der Waals surface area contributed by atoms with E-state index in [1.54, 1.807) is 18.5 Å². The van der Waals surface area contributed by atoms with E-state index >= 15 is 0 Å². The number of nitrogens with one attached hydrogen (secondary N) is 1. The van der Waals surface area contributed by atoms with Crippen LogP contribution in [0, 0.1) is 6.92 Å². The topological polar surface area (TPSA) is 67.3 Å². The van der Waals surface area contributed by atoms with Gasteiger partial charge in [0.25, 0.3) is 0 Å². The average Bonchev–Trinajstić information content (AvgIpc) is 2.91. The lowest BCUT2D eigenvalue weighted by Gasteiger charge is -1.99. The molecule has 0 spiro atoms. The lowest BCUT2D eigenvalue weighted by atomic mass is 10.1. The first-order valence-corrected chi connectivity index (χ1v) is 5.60. The number of aromatic amines is 1. The van der Waals surface area contributed by atoms with E-state index in [9.17, 15) is 4.79 Å². The number of benzene rings is 1. The predicted molar refractivity (Wildman–Crippen MR) is 66.4 cm³/mol. The highest BCUT2D eigenvalue weighted by Gasteiger charge is 2.22. The minimum absolute atomic E-state index is 0.235. The summed E-state index contributed by atoms with van der Waals surface area (Å²) in [6.07, 6.45) is 3.66. The van der Waals surface area contributed by atoms with Crippen molar-refractivity contribution in [2.75, 3.05) is 0 Å². The van der Waals surface area contributed by atoms with Crippen molar-refractivity contribution in [3.05, 3.63) is 41.5 Å². The first-order valence-electron chi connectivity index (χ1n) is 5.60. The van der Waals surface area contributed by atoms with Crippen LogP contribution in [-0.4, -0.2) is 22.2 Å². The number of fused-ring (bicyclic) bond motifs is 1. The van der Waals surface area contributed by atoms with Crippen LogP contribution >= 0.6 is 0 Å². The van der Waals surface area contributed by atoms with E-state index in [-0.39, 0.29) is 12.4 Å². The first-order chi connectivity index (χ1) is 8.72. The number of aromatic nitrogens is 2. The molecule has 1 aliphatic heterocycles. The van der Waals surface area contributed by atoms with Crippen molar-refractivity contribution in [3.8, 4) is 5.75 Å². The molecule has 2 heterocycles. The van der Waals surface area contributed by atoms with Crippen LogP contribution in [0.5, 0.6) is 5.75 Å². The van der Waals surface area contributed by atoms with Crippen LogP contribution in [0.3, 0.4) is 0 Å². The van der Waals surface area contributed by atoms with Gasteiger partial charge < -0.3 is 9.72 Å². The Kier molecular flexibility index (Phi) is 2.44. The van der Waals surface area contributed by atoms with Crippen LogP contribution in [0.15, 0.2) is 29.4 Å². The number of H-pyrrole nitrogens is 1. The Bertz CT molecular complexity index is 643. The zero-order chi connectivity index (χ0) is 12.5. The van der Waals surface area contributed by atoms with Crippen molar-refractivity contribution < 1.29 is 9.53 Å². The Morgan fingerprint density at radius 1 is 1.50 bits per heavy atom. The lowest BCUT2D eigenvalue weighted by molar-refractivity contribution is -0.131. The summed E-state index contributed by atoms with van der Waals surface area (Å²) in [5.74, 6) is 1.06. The number of aryl methyl sites for hydroxylation is 1. The SMILES string of the molecule is Cc1cnc(C=Nc2cccc3c2CC(=O)O3)[nH]1. The Hall–Kier alpha value is -2.43. The van der Waals surface area contributed by atoms with Gasteiger partial charge in [0.2, 0.25) is 0 Å². The average molecular weight is 241 g/mol. The van der Waals surface area contributed by atoms with Crippen LogP contribution in [-0.2, 0) is 11.2 Å². The van der Waals surface area contributed by atoms with Crippen molar-refractivity contribution in [2.24, 2.45) is 4.99 Å². The van der Waals surface area contributed by atoms with Crippen LogP contribution in [0.4, 0.5) is 5.69 Å². The van der Waals surface area contributed by atoms with Crippen molar-refractivity contribution >= 4 is 17.9 Å². The molecule has 5 nitrogen and oxygen atoms in total. The highest BCUT2D eigenvalue weighted by molar-refractivity contribution is 5.85. The molecule has 0 atom stereocenters. The van der Waals surface area contributed by atoms with Crippen molar-refractivity contribution in [1.29, 1.82) is 0 Å². The Morgan fingerprint density at radius 2 is 2.39 bits per heavy atom. The van der Waals surface area contributed by atoms with Gasteiger partial charge in [-0.3, -0.25) is 9.79 Å². The van der Waals surface area contributed by atoms with Crippen molar-refractivity contribution in [1.82, 2.24) is 9.97 Å². The molecule has 18 heavy (non-hydrogen) atoms. The molecule has 0 aliphatic carbocycles. The summed E-state index contributed by atoms with van der Waals surface area (Å²) in [6.45, 7) is 1.93. The van der Waals surface area contributed by atoms with Gasteiger partial charge in [0.1, 0.15) is 11.6 Å². The van der Waals surface area contributed by atoms with Gasteiger partial charge in [0.05, 0.1) is 18.3 Å². The van der Waals surface area contributed by atoms with E-state index in [1.165, 1.54) is 0 Å². The number of imidazole rings is 1. The summed E-state index contributed by atoms with van der Waals surface area (Å²) >= 11 is 0. The third kappa shape index (κ3) is 1.90. The number of carbonyl (C=O) groups is 1. The lowest BCUT2D eigenvalue weighted by Crippen LogP contribution is -2.00. The monoisotopic (exact) mass is 241 g/mol. The quantitative estimate of drug-likeness (QED) is 0.496. The number of esters is 1. The number of hydrogen-bond acceptors (Lipinski definition) is 4. The molecule has 0 fully saturated rings. The fraction of sp³-hybridized carbons (Fsp3) is 0.154. The van der Waals surface area contributed by atoms with E-state index < -0.39 is 0 Å². The van der Waals surface area contributed by atoms with E-state index in [0.29, 0.717) is 11.6 Å². The van der Waals surface area contributed by atoms with Crippen LogP contribution in [0.2, 0.25) is 0 Å². The summed E-state index contributed by atoms with van der Waals surface area (Å²) in [7, 11) is 0. The smallest absolute Gasteiger partial charge is 0.315 e. The predicted octanol–water partition coefficient (Wildman–Crippen LogP) is 1.93. The third-order valence-corrected chi connectivity index (χ3v) is 2.70. The number of carbonyl (C=O) groups excluding carboxylic acids is 1. The fourth-order valence-electron chi connectivity index (χ4n) is 1.88. The van der Waals surface area contributed by atoms with Gasteiger partial charge in [-0.05, 0) is 19.1 Å². The molecule has 1 aliphatic rings. The van der Waals surface area contributed by atoms with Crippen LogP contribution in [0.1, 0.15) is 17.1 Å². The zero-order valence-electron chi connectivity index (χ0n) is 9.80. The molecule has 0 amide bonds. The highest BCUT2D eigenvalue weighted by atomic mass is 16.5. The largest absolute Gasteiger partial charge is 0.426 e. The summed E-state index contributed by atoms with van der Waals surface area (Å²) in [4.78, 5) is 22.8. The molecule has 1 aromatic heterocycles. The second-order valence-electron chi connectivity index (χ2n) is 4.11. The Labute approximate surface area is 104 Å². The molecule has 1 aromatic carbocycles. The normalized spacial score (nSPS) is 13.9. The summed E-state index contributed by atoms with van der Waals surface area (Å²) < 4.78 is 5.07. The molecule has 0 unspecified atom stereocenters. The summed E-state index contributed by atoms with van der Waals surface area (Å²) in [5, 5.41) is 0. The van der Waals surface area contributed by atoms with Gasteiger partial charge in [0.15, 0.2) is 0 Å². The standard InChI is InChI=1S/C13H11N3O2/c1-8-6-15-12(16-8)7-14-10-3-2-4-11-9(10)5-13(17)18-11/h2-4,6-7H,5H2,1H3,(H,15,16). The molecular formula is C13H11N3O2. The summed E-state index contributed by atoms with van der Waals surface area (Å²) in [5.41, 5.74) is 2.56. The first kappa shape index (κ1) is 10.7. The Balaban J connectivity index is 1.92. The molecule has 0 saturated carbocycles. The van der Waals surface area contributed by atoms with Crippen LogP contribution < -0.4 is 4.74 Å². The molecule has 90 valence electrons. The highest BCUT2D eigenvalue weighted by Crippen LogP contribution is 2.33. The Morgan fingerprint density at radius 3 is 3.17 bits per heavy atom. The van der Waals surface area contributed by atoms with Crippen LogP contribution in [0.25, 0.3) is 0 Å². The molecule has 0 bridgehead atoms. The van der Waals surface area contributed by atoms with Crippen molar-refractivity contribution in [2.45, 2.75) is 13.3 Å². The molecule has 0 saturated heterocycles. The minimum atomic E-state index is -0.235. The van der Waals surface area contributed by atoms with Gasteiger partial charge in [-0.1, -0.05) is 6.07 Å². The molecule has 2 aromatic rings. The maximum absolute atomic E-state index is 11.2. The second-order valence-corrected chi connectivity index (χ2v) is 4.11. The molecule has 3 rings (SSSR count). The van der Waals surface area contributed by atoms with E-state index in [2.05, 4.69) is 15.0 Å². The summed E-state index contributed by atoms with van der Waals surface area (Å²) in [6, 6.07) is 5.45. The third-order valence-electron chi connectivity index (χ3n) is 2.70. The second kappa shape index (κ2) is 4.10. The van der Waals surface area contributed by atoms with E-state index in [0.717, 1.165) is 16.9 Å². The van der Waals surface area contributed by atoms with Gasteiger partial charge in [-0.15, -0.1) is 0 Å². The maximum atomic E-state index is 11.2. The van der Waals surface area contributed by atoms with Crippen molar-refractivity contribution in [3.63, 3.8) is 0 Å². The van der Waals surface area contributed by atoms with Gasteiger partial charge >= 0.3 is 5.97 Å². The number of nitrogens with zero attached hydrogens (tertiary/aromatic N) is 2. The van der Waals surface area contributed by atoms with Gasteiger partial charge in [0, 0.05) is 17.5 Å². The van der Waals surface area contributed by atoms with E-state index in [4.69, 9.17) is 4.74 Å². The molecule has 0 radical (unpaired) electrons. The van der Waals surface area contributed by atoms with E-state index in [1.807, 2.05) is 19.1 Å². The van der Waals surface area contributed by atoms with Gasteiger partial charge in [-0.2, -0.15) is 0 Å². The minimum Gasteiger partial charge on any atom is -0.426 e. The molecule has 5 heteroatoms. The zero-order valence-corrected chi connectivity index (χ0v) is 9.80. The molecule has 1 N–H and O–H groups in total.